The van der Waals surface area contributed by atoms with Crippen molar-refractivity contribution in [1.29, 1.82) is 0 Å². The van der Waals surface area contributed by atoms with Crippen molar-refractivity contribution in [3.05, 3.63) is 0 Å². The largest absolute Gasteiger partial charge is 0.342 e. The second-order valence-electron chi connectivity index (χ2n) is 5.76. The molecular weight excluding hydrogens is 204 g/mol. The Hall–Kier alpha value is -1.06. The second kappa shape index (κ2) is 4.44. The molecule has 0 bridgehead atoms. The van der Waals surface area contributed by atoms with Crippen molar-refractivity contribution >= 4 is 11.8 Å². The van der Waals surface area contributed by atoms with Crippen LogP contribution in [0.4, 0.5) is 0 Å². The third-order valence-corrected chi connectivity index (χ3v) is 2.88. The first-order chi connectivity index (χ1) is 7.22. The van der Waals surface area contributed by atoms with E-state index in [1.54, 1.807) is 23.8 Å². The van der Waals surface area contributed by atoms with Crippen LogP contribution < -0.4 is 0 Å². The predicted molar refractivity (Wildman–Crippen MR) is 62.9 cm³/mol. The first kappa shape index (κ1) is 13.0. The Kier molecular flexibility index (Phi) is 3.61. The molecule has 4 nitrogen and oxygen atoms in total. The van der Waals surface area contributed by atoms with Crippen molar-refractivity contribution in [3.8, 4) is 0 Å². The Labute approximate surface area is 97.6 Å². The van der Waals surface area contributed by atoms with Crippen molar-refractivity contribution in [2.45, 2.75) is 40.2 Å². The highest BCUT2D eigenvalue weighted by atomic mass is 16.2. The molecule has 4 heteroatoms. The summed E-state index contributed by atoms with van der Waals surface area (Å²) in [7, 11) is 1.78. The topological polar surface area (TPSA) is 40.6 Å². The first-order valence-corrected chi connectivity index (χ1v) is 5.77. The van der Waals surface area contributed by atoms with Crippen molar-refractivity contribution in [2.75, 3.05) is 20.1 Å². The molecule has 92 valence electrons. The summed E-state index contributed by atoms with van der Waals surface area (Å²) < 4.78 is 0. The van der Waals surface area contributed by atoms with E-state index >= 15 is 0 Å². The third-order valence-electron chi connectivity index (χ3n) is 2.88. The smallest absolute Gasteiger partial charge is 0.244 e. The molecule has 1 aliphatic rings. The van der Waals surface area contributed by atoms with Crippen molar-refractivity contribution in [1.82, 2.24) is 9.80 Å². The van der Waals surface area contributed by atoms with E-state index in [1.807, 2.05) is 20.8 Å². The highest BCUT2D eigenvalue weighted by molar-refractivity contribution is 5.88. The number of amides is 2. The Morgan fingerprint density at radius 3 is 2.44 bits per heavy atom. The van der Waals surface area contributed by atoms with Gasteiger partial charge in [-0.05, 0) is 12.3 Å². The molecule has 1 saturated heterocycles. The lowest BCUT2D eigenvalue weighted by Gasteiger charge is -2.38. The zero-order chi connectivity index (χ0) is 12.5. The van der Waals surface area contributed by atoms with Crippen molar-refractivity contribution in [2.24, 2.45) is 5.41 Å². The van der Waals surface area contributed by atoms with Crippen LogP contribution in [-0.2, 0) is 9.59 Å². The standard InChI is InChI=1S/C12H22N2O2/c1-9-11(16)13(5)6-7-14(9)10(15)8-12(2,3)4/h9H,6-8H2,1-5H3. The summed E-state index contributed by atoms with van der Waals surface area (Å²) >= 11 is 0. The number of hydrogen-bond acceptors (Lipinski definition) is 2. The molecule has 0 radical (unpaired) electrons. The Morgan fingerprint density at radius 1 is 1.38 bits per heavy atom. The molecule has 0 aromatic heterocycles. The molecule has 1 aliphatic heterocycles. The van der Waals surface area contributed by atoms with E-state index < -0.39 is 0 Å². The van der Waals surface area contributed by atoms with Gasteiger partial charge in [0.05, 0.1) is 0 Å². The Balaban J connectivity index is 2.67. The molecule has 2 amide bonds. The number of nitrogens with zero attached hydrogens (tertiary/aromatic N) is 2. The molecule has 0 aromatic rings. The summed E-state index contributed by atoms with van der Waals surface area (Å²) in [6.45, 7) is 9.20. The summed E-state index contributed by atoms with van der Waals surface area (Å²) in [4.78, 5) is 27.2. The van der Waals surface area contributed by atoms with Gasteiger partial charge in [-0.25, -0.2) is 0 Å². The van der Waals surface area contributed by atoms with Crippen molar-refractivity contribution in [3.63, 3.8) is 0 Å². The van der Waals surface area contributed by atoms with Gasteiger partial charge in [0.1, 0.15) is 6.04 Å². The van der Waals surface area contributed by atoms with Gasteiger partial charge in [-0.2, -0.15) is 0 Å². The van der Waals surface area contributed by atoms with E-state index in [0.717, 1.165) is 0 Å². The average molecular weight is 226 g/mol. The van der Waals surface area contributed by atoms with Gasteiger partial charge in [-0.3, -0.25) is 9.59 Å². The van der Waals surface area contributed by atoms with Crippen LogP contribution in [0.5, 0.6) is 0 Å². The van der Waals surface area contributed by atoms with E-state index in [2.05, 4.69) is 0 Å². The van der Waals surface area contributed by atoms with Crippen LogP contribution in [0, 0.1) is 5.41 Å². The van der Waals surface area contributed by atoms with Crippen LogP contribution in [0.15, 0.2) is 0 Å². The van der Waals surface area contributed by atoms with Gasteiger partial charge in [0.2, 0.25) is 11.8 Å². The van der Waals surface area contributed by atoms with Gasteiger partial charge < -0.3 is 9.80 Å². The molecular formula is C12H22N2O2. The van der Waals surface area contributed by atoms with Crippen molar-refractivity contribution < 1.29 is 9.59 Å². The summed E-state index contributed by atoms with van der Waals surface area (Å²) in [6.07, 6.45) is 0.494. The number of rotatable bonds is 1. The summed E-state index contributed by atoms with van der Waals surface area (Å²) in [6, 6.07) is -0.311. The first-order valence-electron chi connectivity index (χ1n) is 5.77. The van der Waals surface area contributed by atoms with Crippen LogP contribution in [0.25, 0.3) is 0 Å². The minimum atomic E-state index is -0.311. The summed E-state index contributed by atoms with van der Waals surface area (Å²) in [5.41, 5.74) is -0.0246. The molecule has 0 aliphatic carbocycles. The quantitative estimate of drug-likeness (QED) is 0.672. The number of piperazine rings is 1. The Bertz CT molecular complexity index is 294. The van der Waals surface area contributed by atoms with Crippen LogP contribution in [0.2, 0.25) is 0 Å². The maximum atomic E-state index is 12.0. The fourth-order valence-electron chi connectivity index (χ4n) is 1.91. The highest BCUT2D eigenvalue weighted by Crippen LogP contribution is 2.21. The maximum Gasteiger partial charge on any atom is 0.244 e. The molecule has 0 N–H and O–H groups in total. The highest BCUT2D eigenvalue weighted by Gasteiger charge is 2.33. The monoisotopic (exact) mass is 226 g/mol. The van der Waals surface area contributed by atoms with Gasteiger partial charge in [-0.15, -0.1) is 0 Å². The molecule has 0 spiro atoms. The Morgan fingerprint density at radius 2 is 1.94 bits per heavy atom. The van der Waals surface area contributed by atoms with E-state index in [0.29, 0.717) is 19.5 Å². The number of hydrogen-bond donors (Lipinski definition) is 0. The number of carbonyl (C=O) groups is 2. The van der Waals surface area contributed by atoms with Gasteiger partial charge in [0.25, 0.3) is 0 Å². The molecule has 1 fully saturated rings. The van der Waals surface area contributed by atoms with Crippen LogP contribution in [0.1, 0.15) is 34.1 Å². The van der Waals surface area contributed by atoms with Crippen LogP contribution in [0.3, 0.4) is 0 Å². The van der Waals surface area contributed by atoms with Gasteiger partial charge in [-0.1, -0.05) is 20.8 Å². The van der Waals surface area contributed by atoms with Gasteiger partial charge >= 0.3 is 0 Å². The molecule has 0 saturated carbocycles. The molecule has 0 aromatic carbocycles. The lowest BCUT2D eigenvalue weighted by molar-refractivity contribution is -0.150. The summed E-state index contributed by atoms with van der Waals surface area (Å²) in [5.74, 6) is 0.120. The minimum absolute atomic E-state index is 0.0246. The van der Waals surface area contributed by atoms with Crippen LogP contribution >= 0.6 is 0 Å². The summed E-state index contributed by atoms with van der Waals surface area (Å²) in [5, 5.41) is 0. The average Bonchev–Trinajstić information content (AvgIpc) is 2.11. The number of carbonyl (C=O) groups excluding carboxylic acids is 2. The van der Waals surface area contributed by atoms with Gasteiger partial charge in [0.15, 0.2) is 0 Å². The third kappa shape index (κ3) is 2.97. The van der Waals surface area contributed by atoms with Gasteiger partial charge in [0, 0.05) is 26.6 Å². The fourth-order valence-corrected chi connectivity index (χ4v) is 1.91. The molecule has 1 rings (SSSR count). The predicted octanol–water partition coefficient (Wildman–Crippen LogP) is 1.11. The fraction of sp³-hybridized carbons (Fsp3) is 0.833. The van der Waals surface area contributed by atoms with E-state index in [1.165, 1.54) is 0 Å². The normalized spacial score (nSPS) is 22.6. The molecule has 1 unspecified atom stereocenters. The van der Waals surface area contributed by atoms with E-state index in [9.17, 15) is 9.59 Å². The molecule has 16 heavy (non-hydrogen) atoms. The minimum Gasteiger partial charge on any atom is -0.342 e. The molecule has 1 heterocycles. The van der Waals surface area contributed by atoms with E-state index in [4.69, 9.17) is 0 Å². The number of likely N-dealkylation sites (N-methyl/N-ethyl adjacent to an activating group) is 1. The zero-order valence-electron chi connectivity index (χ0n) is 10.9. The van der Waals surface area contributed by atoms with Crippen LogP contribution in [-0.4, -0.2) is 47.8 Å². The lowest BCUT2D eigenvalue weighted by Crippen LogP contribution is -2.56. The second-order valence-corrected chi connectivity index (χ2v) is 5.76. The zero-order valence-corrected chi connectivity index (χ0v) is 10.9. The lowest BCUT2D eigenvalue weighted by atomic mass is 9.91. The molecule has 1 atom stereocenters. The van der Waals surface area contributed by atoms with E-state index in [-0.39, 0.29) is 23.3 Å². The maximum absolute atomic E-state index is 12.0. The SMILES string of the molecule is CC1C(=O)N(C)CCN1C(=O)CC(C)(C)C.